The van der Waals surface area contributed by atoms with Gasteiger partial charge in [-0.15, -0.1) is 0 Å². The van der Waals surface area contributed by atoms with Crippen molar-refractivity contribution in [3.63, 3.8) is 0 Å². The molecular weight excluding hydrogens is 104 g/mol. The first-order valence-electron chi connectivity index (χ1n) is 2.34. The van der Waals surface area contributed by atoms with Crippen LogP contribution in [0.2, 0.25) is 0 Å². The minimum absolute atomic E-state index is 0.292. The van der Waals surface area contributed by atoms with Gasteiger partial charge in [0.15, 0.2) is 0 Å². The molecule has 7 heavy (non-hydrogen) atoms. The fourth-order valence-electron chi connectivity index (χ4n) is 0.285. The van der Waals surface area contributed by atoms with Crippen molar-refractivity contribution in [1.82, 2.24) is 0 Å². The zero-order valence-corrected chi connectivity index (χ0v) is 5.59. The normalized spacial score (nSPS) is 9.71. The lowest BCUT2D eigenvalue weighted by molar-refractivity contribution is 1.01. The fraction of sp³-hybridized carbons (Fsp3) is 0.500. The summed E-state index contributed by atoms with van der Waals surface area (Å²) in [5.74, 6) is 0.292. The van der Waals surface area contributed by atoms with Gasteiger partial charge < -0.3 is 0 Å². The summed E-state index contributed by atoms with van der Waals surface area (Å²) in [6.07, 6.45) is 1.91. The predicted molar refractivity (Wildman–Crippen MR) is 37.1 cm³/mol. The van der Waals surface area contributed by atoms with Crippen LogP contribution in [0.3, 0.4) is 0 Å². The van der Waals surface area contributed by atoms with Gasteiger partial charge >= 0.3 is 0 Å². The maximum absolute atomic E-state index is 4.86. The first-order valence-corrected chi connectivity index (χ1v) is 2.75. The van der Waals surface area contributed by atoms with E-state index >= 15 is 0 Å². The monoisotopic (exact) mass is 114 g/mol. The van der Waals surface area contributed by atoms with Crippen molar-refractivity contribution in [2.24, 2.45) is 5.92 Å². The van der Waals surface area contributed by atoms with Gasteiger partial charge in [0.1, 0.15) is 0 Å². The van der Waals surface area contributed by atoms with E-state index in [4.69, 9.17) is 12.2 Å². The Labute approximate surface area is 50.9 Å². The van der Waals surface area contributed by atoms with Crippen LogP contribution in [0.1, 0.15) is 13.8 Å². The second-order valence-corrected chi connectivity index (χ2v) is 2.06. The quantitative estimate of drug-likeness (QED) is 0.495. The van der Waals surface area contributed by atoms with Gasteiger partial charge in [-0.3, -0.25) is 0 Å². The molecular formula is C6H10S. The topological polar surface area (TPSA) is 0 Å². The van der Waals surface area contributed by atoms with E-state index in [1.165, 1.54) is 0 Å². The Hall–Kier alpha value is 0.0900. The van der Waals surface area contributed by atoms with E-state index in [1.807, 2.05) is 20.3 Å². The highest BCUT2D eigenvalue weighted by Crippen LogP contribution is 1.97. The summed E-state index contributed by atoms with van der Waals surface area (Å²) in [5, 5.41) is 0. The molecule has 2 radical (unpaired) electrons. The molecule has 0 aliphatic rings. The van der Waals surface area contributed by atoms with Crippen molar-refractivity contribution in [3.05, 3.63) is 13.3 Å². The van der Waals surface area contributed by atoms with Crippen molar-refractivity contribution in [1.29, 1.82) is 0 Å². The van der Waals surface area contributed by atoms with E-state index in [9.17, 15) is 0 Å². The van der Waals surface area contributed by atoms with Crippen molar-refractivity contribution < 1.29 is 0 Å². The molecule has 0 aliphatic heterocycles. The third-order valence-corrected chi connectivity index (χ3v) is 1.41. The molecule has 0 aromatic heterocycles. The molecule has 40 valence electrons. The molecule has 0 fully saturated rings. The van der Waals surface area contributed by atoms with Gasteiger partial charge in [0, 0.05) is 0 Å². The summed E-state index contributed by atoms with van der Waals surface area (Å²) in [7, 11) is 0. The maximum atomic E-state index is 4.86. The largest absolute Gasteiger partial charge is 0.0891 e. The van der Waals surface area contributed by atoms with E-state index < -0.39 is 0 Å². The third-order valence-electron chi connectivity index (χ3n) is 0.770. The summed E-state index contributed by atoms with van der Waals surface area (Å²) in [6, 6.07) is 0. The van der Waals surface area contributed by atoms with Crippen molar-refractivity contribution >= 4 is 17.1 Å². The highest BCUT2D eigenvalue weighted by Gasteiger charge is 1.96. The summed E-state index contributed by atoms with van der Waals surface area (Å²) < 4.78 is 0. The molecule has 1 heteroatoms. The zero-order chi connectivity index (χ0) is 5.86. The van der Waals surface area contributed by atoms with Gasteiger partial charge in [0.25, 0.3) is 0 Å². The van der Waals surface area contributed by atoms with Crippen LogP contribution in [0.5, 0.6) is 0 Å². The van der Waals surface area contributed by atoms with E-state index in [-0.39, 0.29) is 0 Å². The number of rotatable bonds is 2. The smallest absolute Gasteiger partial charge is 0.000903 e. The van der Waals surface area contributed by atoms with Crippen LogP contribution in [0.25, 0.3) is 0 Å². The van der Waals surface area contributed by atoms with Gasteiger partial charge in [-0.1, -0.05) is 26.1 Å². The summed E-state index contributed by atoms with van der Waals surface area (Å²) in [5.41, 5.74) is 0. The van der Waals surface area contributed by atoms with Crippen LogP contribution in [0.15, 0.2) is 0 Å². The van der Waals surface area contributed by atoms with Crippen LogP contribution in [-0.4, -0.2) is 4.86 Å². The molecule has 0 N–H and O–H groups in total. The van der Waals surface area contributed by atoms with E-state index in [0.717, 1.165) is 4.86 Å². The molecule has 0 saturated heterocycles. The minimum Gasteiger partial charge on any atom is -0.0891 e. The van der Waals surface area contributed by atoms with Gasteiger partial charge in [0.05, 0.1) is 0 Å². The third kappa shape index (κ3) is 2.75. The van der Waals surface area contributed by atoms with Gasteiger partial charge in [0.2, 0.25) is 0 Å². The molecule has 0 aromatic carbocycles. The second kappa shape index (κ2) is 3.14. The van der Waals surface area contributed by atoms with E-state index in [1.54, 1.807) is 0 Å². The SMILES string of the molecule is [CH2]C(C)C(=S)[CH]C. The number of thiocarbonyl (C=S) groups is 1. The van der Waals surface area contributed by atoms with E-state index in [2.05, 4.69) is 6.92 Å². The lowest BCUT2D eigenvalue weighted by Crippen LogP contribution is -2.01. The Kier molecular flexibility index (Phi) is 3.18. The van der Waals surface area contributed by atoms with Crippen molar-refractivity contribution in [2.75, 3.05) is 0 Å². The fourth-order valence-corrected chi connectivity index (χ4v) is 0.285. The molecule has 1 atom stereocenters. The molecule has 0 nitrogen and oxygen atoms in total. The number of hydrogen-bond donors (Lipinski definition) is 0. The molecule has 0 aliphatic carbocycles. The minimum atomic E-state index is 0.292. The number of hydrogen-bond acceptors (Lipinski definition) is 1. The molecule has 0 aromatic rings. The van der Waals surface area contributed by atoms with Gasteiger partial charge in [-0.2, -0.15) is 0 Å². The first-order chi connectivity index (χ1) is 3.18. The Morgan fingerprint density at radius 1 is 1.86 bits per heavy atom. The average molecular weight is 114 g/mol. The first kappa shape index (κ1) is 7.09. The lowest BCUT2D eigenvalue weighted by atomic mass is 10.1. The van der Waals surface area contributed by atoms with Crippen LogP contribution >= 0.6 is 12.2 Å². The summed E-state index contributed by atoms with van der Waals surface area (Å²) in [4.78, 5) is 0.944. The molecule has 0 rings (SSSR count). The standard InChI is InChI=1S/C6H10S/c1-4-6(7)5(2)3/h4-5H,2H2,1,3H3. The Morgan fingerprint density at radius 2 is 2.29 bits per heavy atom. The maximum Gasteiger partial charge on any atom is -0.000903 e. The average Bonchev–Trinajstić information content (AvgIpc) is 1.65. The summed E-state index contributed by atoms with van der Waals surface area (Å²) in [6.45, 7) is 7.66. The highest BCUT2D eigenvalue weighted by atomic mass is 32.1. The highest BCUT2D eigenvalue weighted by molar-refractivity contribution is 7.80. The predicted octanol–water partition coefficient (Wildman–Crippen LogP) is 2.05. The Bertz CT molecular complexity index is 64.6. The molecule has 0 saturated carbocycles. The van der Waals surface area contributed by atoms with E-state index in [0.29, 0.717) is 5.92 Å². The van der Waals surface area contributed by atoms with Crippen molar-refractivity contribution in [2.45, 2.75) is 13.8 Å². The summed E-state index contributed by atoms with van der Waals surface area (Å²) >= 11 is 4.86. The zero-order valence-electron chi connectivity index (χ0n) is 4.77. The molecule has 0 heterocycles. The van der Waals surface area contributed by atoms with Crippen molar-refractivity contribution in [3.8, 4) is 0 Å². The Balaban J connectivity index is 3.35. The molecule has 1 unspecified atom stereocenters. The molecule has 0 amide bonds. The Morgan fingerprint density at radius 3 is 2.29 bits per heavy atom. The van der Waals surface area contributed by atoms with Crippen LogP contribution in [0.4, 0.5) is 0 Å². The van der Waals surface area contributed by atoms with Crippen LogP contribution in [0, 0.1) is 19.3 Å². The second-order valence-electron chi connectivity index (χ2n) is 1.59. The van der Waals surface area contributed by atoms with Crippen LogP contribution in [-0.2, 0) is 0 Å². The van der Waals surface area contributed by atoms with Gasteiger partial charge in [-0.05, 0) is 24.1 Å². The molecule has 0 spiro atoms. The van der Waals surface area contributed by atoms with Crippen LogP contribution < -0.4 is 0 Å². The van der Waals surface area contributed by atoms with Gasteiger partial charge in [-0.25, -0.2) is 0 Å². The molecule has 0 bridgehead atoms. The lowest BCUT2D eigenvalue weighted by Gasteiger charge is -1.99.